The predicted molar refractivity (Wildman–Crippen MR) is 293 cm³/mol. The van der Waals surface area contributed by atoms with Crippen LogP contribution in [0.4, 0.5) is 11.4 Å². The molecule has 0 radical (unpaired) electrons. The molecule has 4 aromatic carbocycles. The molecule has 8 nitrogen and oxygen atoms in total. The standard InChI is InChI=1S/C64H75N4O4/c1-10-64(7,61(71)72-41-40-70)43-51(46-30-34-67(35-31-46)38-39-69)42-44(2)45-32-36-68(37-33-45)60-49(24-28-56-62(3,4)58-52-20-13-11-16-47(52)22-26-54(58)65(56)8)18-15-19-50(60)25-29-57-63(5,6)59-53-21-14-12-17-48(53)23-27-55(59)66(57)9/h11-14,16-17,20-37,44,51,69-70H,10,15,18-19,38-43H2,1-9H3/q+3. The van der Waals surface area contributed by atoms with Gasteiger partial charge in [0.15, 0.2) is 37.0 Å². The highest BCUT2D eigenvalue weighted by Crippen LogP contribution is 2.50. The molecule has 2 N–H and O–H groups in total. The summed E-state index contributed by atoms with van der Waals surface area (Å²) >= 11 is 0. The maximum atomic E-state index is 13.5. The van der Waals surface area contributed by atoms with Crippen molar-refractivity contribution in [1.29, 1.82) is 0 Å². The van der Waals surface area contributed by atoms with Crippen molar-refractivity contribution in [2.75, 3.05) is 38.8 Å². The average molecular weight is 964 g/mol. The van der Waals surface area contributed by atoms with Crippen molar-refractivity contribution in [3.05, 3.63) is 185 Å². The number of likely N-dealkylation sites (N-methyl/N-ethyl adjacent to an activating group) is 1. The van der Waals surface area contributed by atoms with Gasteiger partial charge < -0.3 is 19.8 Å². The molecule has 0 fully saturated rings. The number of hydrogen-bond donors (Lipinski definition) is 2. The van der Waals surface area contributed by atoms with Crippen LogP contribution in [-0.4, -0.2) is 60.4 Å². The fourth-order valence-electron chi connectivity index (χ4n) is 12.4. The molecule has 0 spiro atoms. The summed E-state index contributed by atoms with van der Waals surface area (Å²) in [6, 6.07) is 35.4. The van der Waals surface area contributed by atoms with Gasteiger partial charge in [-0.05, 0) is 134 Å². The number of esters is 1. The molecule has 6 aromatic rings. The molecule has 0 amide bonds. The van der Waals surface area contributed by atoms with E-state index in [1.165, 1.54) is 77.9 Å². The summed E-state index contributed by atoms with van der Waals surface area (Å²) in [4.78, 5) is 15.9. The van der Waals surface area contributed by atoms with Crippen molar-refractivity contribution in [2.45, 2.75) is 116 Å². The highest BCUT2D eigenvalue weighted by Gasteiger charge is 2.45. The molecular weight excluding hydrogens is 889 g/mol. The Morgan fingerprint density at radius 3 is 2.11 bits per heavy atom. The summed E-state index contributed by atoms with van der Waals surface area (Å²) in [6.45, 7) is 16.2. The summed E-state index contributed by atoms with van der Waals surface area (Å²) in [7, 11) is 4.43. The first-order chi connectivity index (χ1) is 34.6. The number of carbonyl (C=O) groups is 1. The quantitative estimate of drug-likeness (QED) is 0.0746. The first kappa shape index (κ1) is 50.5. The lowest BCUT2D eigenvalue weighted by Crippen LogP contribution is -2.35. The molecule has 3 unspecified atom stereocenters. The van der Waals surface area contributed by atoms with Gasteiger partial charge in [-0.2, -0.15) is 9.14 Å². The van der Waals surface area contributed by atoms with Crippen LogP contribution in [0, 0.1) is 5.41 Å². The number of aliphatic hydroxyl groups is 2. The summed E-state index contributed by atoms with van der Waals surface area (Å²) < 4.78 is 12.3. The van der Waals surface area contributed by atoms with Gasteiger partial charge in [-0.3, -0.25) is 4.79 Å². The molecule has 2 aromatic heterocycles. The SMILES string of the molecule is CCC(C)(CC(CC(C)c1cc[n+](C2=C(C=CC3=[N+](C)c4ccc5ccccc5c4C3(C)C)CCCC2=CC=C2N(C)c3ccc4ccccc4c3C2(C)C)cc1)c1cc[n+](CCO)cc1)C(=O)OCCO. The molecule has 0 saturated heterocycles. The van der Waals surface area contributed by atoms with Crippen LogP contribution in [0.15, 0.2) is 163 Å². The number of fused-ring (bicyclic) bond motifs is 6. The zero-order valence-electron chi connectivity index (χ0n) is 44.1. The summed E-state index contributed by atoms with van der Waals surface area (Å²) in [5.74, 6) is -0.0325. The number of rotatable bonds is 16. The summed E-state index contributed by atoms with van der Waals surface area (Å²) in [5.41, 5.74) is 13.0. The number of pyridine rings is 2. The monoisotopic (exact) mass is 964 g/mol. The Labute approximate surface area is 427 Å². The normalized spacial score (nSPS) is 19.1. The van der Waals surface area contributed by atoms with Gasteiger partial charge in [-0.1, -0.05) is 88.4 Å². The van der Waals surface area contributed by atoms with Crippen LogP contribution in [0.25, 0.3) is 27.2 Å². The van der Waals surface area contributed by atoms with E-state index < -0.39 is 5.41 Å². The Hall–Kier alpha value is -6.48. The van der Waals surface area contributed by atoms with Gasteiger partial charge in [0.05, 0.1) is 17.4 Å². The molecule has 2 aliphatic heterocycles. The number of hydrogen-bond acceptors (Lipinski definition) is 5. The molecular formula is C64H75N4O4+3. The minimum absolute atomic E-state index is 0.00480. The second-order valence-corrected chi connectivity index (χ2v) is 21.9. The molecule has 3 atom stereocenters. The maximum absolute atomic E-state index is 13.5. The fourth-order valence-corrected chi connectivity index (χ4v) is 12.4. The number of aromatic nitrogens is 2. The summed E-state index contributed by atoms with van der Waals surface area (Å²) in [6.07, 6.45) is 23.2. The van der Waals surface area contributed by atoms with E-state index in [1.54, 1.807) is 0 Å². The molecule has 372 valence electrons. The average Bonchev–Trinajstić information content (AvgIpc) is 3.72. The van der Waals surface area contributed by atoms with Crippen LogP contribution in [0.1, 0.15) is 121 Å². The number of anilines is 1. The van der Waals surface area contributed by atoms with Gasteiger partial charge in [-0.25, -0.2) is 4.57 Å². The van der Waals surface area contributed by atoms with Crippen LogP contribution < -0.4 is 14.0 Å². The van der Waals surface area contributed by atoms with Gasteiger partial charge in [-0.15, -0.1) is 0 Å². The van der Waals surface area contributed by atoms with Gasteiger partial charge in [0.1, 0.15) is 20.3 Å². The fraction of sp³-hybridized carbons (Fsp3) is 0.375. The number of carbonyl (C=O) groups excluding carboxylic acids is 1. The highest BCUT2D eigenvalue weighted by atomic mass is 16.5. The Morgan fingerprint density at radius 2 is 1.44 bits per heavy atom. The lowest BCUT2D eigenvalue weighted by Gasteiger charge is -2.32. The van der Waals surface area contributed by atoms with Gasteiger partial charge in [0.2, 0.25) is 11.4 Å². The molecule has 72 heavy (non-hydrogen) atoms. The van der Waals surface area contributed by atoms with Gasteiger partial charge in [0, 0.05) is 77.0 Å². The highest BCUT2D eigenvalue weighted by molar-refractivity contribution is 6.08. The zero-order chi connectivity index (χ0) is 51.0. The van der Waals surface area contributed by atoms with Crippen LogP contribution in [0.5, 0.6) is 0 Å². The first-order valence-corrected chi connectivity index (χ1v) is 26.2. The minimum atomic E-state index is -0.720. The molecule has 9 rings (SSSR count). The Kier molecular flexibility index (Phi) is 14.4. The Bertz CT molecular complexity index is 3170. The lowest BCUT2D eigenvalue weighted by atomic mass is 9.73. The number of allylic oxidation sites excluding steroid dienone is 8. The third kappa shape index (κ3) is 9.40. The van der Waals surface area contributed by atoms with E-state index in [2.05, 4.69) is 197 Å². The molecule has 0 bridgehead atoms. The second kappa shape index (κ2) is 20.6. The molecule has 0 saturated carbocycles. The van der Waals surface area contributed by atoms with E-state index in [0.717, 1.165) is 31.2 Å². The summed E-state index contributed by atoms with van der Waals surface area (Å²) in [5, 5.41) is 24.2. The maximum Gasteiger partial charge on any atom is 0.311 e. The zero-order valence-corrected chi connectivity index (χ0v) is 44.1. The van der Waals surface area contributed by atoms with Gasteiger partial charge in [0.25, 0.3) is 0 Å². The Morgan fingerprint density at radius 1 is 0.792 bits per heavy atom. The van der Waals surface area contributed by atoms with Crippen LogP contribution >= 0.6 is 0 Å². The minimum Gasteiger partial charge on any atom is -0.463 e. The molecule has 3 aliphatic rings. The number of ether oxygens (including phenoxy) is 1. The molecule has 8 heteroatoms. The van der Waals surface area contributed by atoms with Crippen LogP contribution in [0.3, 0.4) is 0 Å². The molecule has 1 aliphatic carbocycles. The van der Waals surface area contributed by atoms with E-state index >= 15 is 0 Å². The molecule has 4 heterocycles. The third-order valence-electron chi connectivity index (χ3n) is 16.5. The van der Waals surface area contributed by atoms with E-state index in [-0.39, 0.29) is 48.5 Å². The van der Waals surface area contributed by atoms with Crippen molar-refractivity contribution >= 4 is 50.3 Å². The first-order valence-electron chi connectivity index (χ1n) is 26.2. The smallest absolute Gasteiger partial charge is 0.311 e. The van der Waals surface area contributed by atoms with E-state index in [4.69, 9.17) is 4.74 Å². The van der Waals surface area contributed by atoms with E-state index in [1.807, 2.05) is 30.8 Å². The van der Waals surface area contributed by atoms with Crippen molar-refractivity contribution in [1.82, 2.24) is 0 Å². The largest absolute Gasteiger partial charge is 0.463 e. The van der Waals surface area contributed by atoms with Gasteiger partial charge >= 0.3 is 5.97 Å². The van der Waals surface area contributed by atoms with Crippen molar-refractivity contribution in [3.8, 4) is 0 Å². The van der Waals surface area contributed by atoms with E-state index in [0.29, 0.717) is 19.4 Å². The van der Waals surface area contributed by atoms with E-state index in [9.17, 15) is 15.0 Å². The third-order valence-corrected chi connectivity index (χ3v) is 16.5. The van der Waals surface area contributed by atoms with Crippen LogP contribution in [-0.2, 0) is 26.9 Å². The Balaban J connectivity index is 1.09. The second-order valence-electron chi connectivity index (χ2n) is 21.9. The number of aliphatic hydroxyl groups excluding tert-OH is 2. The number of nitrogens with zero attached hydrogens (tertiary/aromatic N) is 4. The predicted octanol–water partition coefficient (Wildman–Crippen LogP) is 12.1. The van der Waals surface area contributed by atoms with Crippen molar-refractivity contribution in [2.24, 2.45) is 5.41 Å². The van der Waals surface area contributed by atoms with Crippen molar-refractivity contribution < 1.29 is 33.5 Å². The van der Waals surface area contributed by atoms with Crippen molar-refractivity contribution in [3.63, 3.8) is 0 Å². The number of benzene rings is 4. The topological polar surface area (TPSA) is 80.8 Å². The lowest BCUT2D eigenvalue weighted by molar-refractivity contribution is -0.698. The van der Waals surface area contributed by atoms with Crippen LogP contribution in [0.2, 0.25) is 0 Å².